The summed E-state index contributed by atoms with van der Waals surface area (Å²) >= 11 is 0. The van der Waals surface area contributed by atoms with E-state index in [0.29, 0.717) is 6.42 Å². The van der Waals surface area contributed by atoms with Gasteiger partial charge in [-0.05, 0) is 25.5 Å². The SMILES string of the molecule is Cc1ccc(N2C[C@@H](C(=O)OCC(=O)N[C@@H]3CCS(=O)(=O)C3)CC2=O)cc1. The number of hydrogen-bond acceptors (Lipinski definition) is 6. The number of aryl methyl sites for hydroxylation is 1. The molecule has 0 aliphatic carbocycles. The lowest BCUT2D eigenvalue weighted by molar-refractivity contribution is -0.152. The van der Waals surface area contributed by atoms with Crippen LogP contribution in [0, 0.1) is 12.8 Å². The van der Waals surface area contributed by atoms with Gasteiger partial charge in [-0.15, -0.1) is 0 Å². The molecule has 1 aromatic carbocycles. The lowest BCUT2D eigenvalue weighted by atomic mass is 10.1. The number of esters is 1. The highest BCUT2D eigenvalue weighted by Gasteiger charge is 2.36. The smallest absolute Gasteiger partial charge is 0.311 e. The lowest BCUT2D eigenvalue weighted by Gasteiger charge is -2.17. The first-order chi connectivity index (χ1) is 12.7. The number of rotatable bonds is 5. The van der Waals surface area contributed by atoms with E-state index in [1.807, 2.05) is 31.2 Å². The summed E-state index contributed by atoms with van der Waals surface area (Å²) in [4.78, 5) is 37.8. The Morgan fingerprint density at radius 2 is 1.96 bits per heavy atom. The number of benzene rings is 1. The van der Waals surface area contributed by atoms with Crippen molar-refractivity contribution in [1.29, 1.82) is 0 Å². The molecule has 2 atom stereocenters. The van der Waals surface area contributed by atoms with E-state index in [9.17, 15) is 22.8 Å². The normalized spacial score (nSPS) is 24.0. The highest BCUT2D eigenvalue weighted by molar-refractivity contribution is 7.91. The quantitative estimate of drug-likeness (QED) is 0.714. The molecule has 0 unspecified atom stereocenters. The van der Waals surface area contributed by atoms with E-state index < -0.39 is 40.3 Å². The minimum atomic E-state index is -3.09. The molecular weight excluding hydrogens is 372 g/mol. The van der Waals surface area contributed by atoms with Crippen molar-refractivity contribution in [2.45, 2.75) is 25.8 Å². The molecule has 27 heavy (non-hydrogen) atoms. The van der Waals surface area contributed by atoms with Crippen LogP contribution in [0.4, 0.5) is 5.69 Å². The van der Waals surface area contributed by atoms with E-state index in [0.717, 1.165) is 11.3 Å². The number of carbonyl (C=O) groups excluding carboxylic acids is 3. The molecule has 2 aliphatic heterocycles. The van der Waals surface area contributed by atoms with Crippen LogP contribution in [0.25, 0.3) is 0 Å². The van der Waals surface area contributed by atoms with Gasteiger partial charge in [-0.1, -0.05) is 17.7 Å². The van der Waals surface area contributed by atoms with Gasteiger partial charge in [-0.25, -0.2) is 8.42 Å². The average Bonchev–Trinajstić information content (AvgIpc) is 3.15. The fourth-order valence-electron chi connectivity index (χ4n) is 3.27. The number of ether oxygens (including phenoxy) is 1. The molecule has 3 rings (SSSR count). The van der Waals surface area contributed by atoms with Gasteiger partial charge in [-0.3, -0.25) is 14.4 Å². The summed E-state index contributed by atoms with van der Waals surface area (Å²) in [6, 6.07) is 6.99. The van der Waals surface area contributed by atoms with Crippen molar-refractivity contribution in [2.24, 2.45) is 5.92 Å². The van der Waals surface area contributed by atoms with Crippen LogP contribution in [0.5, 0.6) is 0 Å². The van der Waals surface area contributed by atoms with E-state index in [1.54, 1.807) is 0 Å². The van der Waals surface area contributed by atoms with Crippen molar-refractivity contribution >= 4 is 33.3 Å². The third kappa shape index (κ3) is 4.85. The summed E-state index contributed by atoms with van der Waals surface area (Å²) < 4.78 is 27.8. The van der Waals surface area contributed by atoms with Crippen LogP contribution < -0.4 is 10.2 Å². The first kappa shape index (κ1) is 19.3. The molecule has 0 bridgehead atoms. The monoisotopic (exact) mass is 394 g/mol. The highest BCUT2D eigenvalue weighted by atomic mass is 32.2. The molecule has 0 saturated carbocycles. The number of hydrogen-bond donors (Lipinski definition) is 1. The third-order valence-electron chi connectivity index (χ3n) is 4.75. The van der Waals surface area contributed by atoms with E-state index >= 15 is 0 Å². The molecule has 2 saturated heterocycles. The van der Waals surface area contributed by atoms with Gasteiger partial charge in [0.25, 0.3) is 5.91 Å². The number of amides is 2. The minimum absolute atomic E-state index is 0.0369. The number of anilines is 1. The highest BCUT2D eigenvalue weighted by Crippen LogP contribution is 2.26. The van der Waals surface area contributed by atoms with E-state index in [4.69, 9.17) is 4.74 Å². The Morgan fingerprint density at radius 3 is 2.59 bits per heavy atom. The van der Waals surface area contributed by atoms with Gasteiger partial charge < -0.3 is 15.0 Å². The van der Waals surface area contributed by atoms with Gasteiger partial charge in [-0.2, -0.15) is 0 Å². The van der Waals surface area contributed by atoms with Crippen molar-refractivity contribution < 1.29 is 27.5 Å². The van der Waals surface area contributed by atoms with Crippen LogP contribution in [0.1, 0.15) is 18.4 Å². The van der Waals surface area contributed by atoms with Crippen LogP contribution in [0.15, 0.2) is 24.3 Å². The lowest BCUT2D eigenvalue weighted by Crippen LogP contribution is -2.38. The largest absolute Gasteiger partial charge is 0.455 e. The summed E-state index contributed by atoms with van der Waals surface area (Å²) in [7, 11) is -3.09. The van der Waals surface area contributed by atoms with Crippen molar-refractivity contribution in [3.8, 4) is 0 Å². The maximum absolute atomic E-state index is 12.2. The van der Waals surface area contributed by atoms with Gasteiger partial charge in [0, 0.05) is 24.7 Å². The Kier molecular flexibility index (Phi) is 5.50. The second-order valence-corrected chi connectivity index (χ2v) is 9.24. The molecule has 8 nitrogen and oxygen atoms in total. The molecule has 2 heterocycles. The summed E-state index contributed by atoms with van der Waals surface area (Å²) in [6.45, 7) is 1.68. The molecule has 9 heteroatoms. The van der Waals surface area contributed by atoms with Crippen molar-refractivity contribution in [1.82, 2.24) is 5.32 Å². The van der Waals surface area contributed by atoms with Crippen LogP contribution in [-0.4, -0.2) is 56.9 Å². The molecule has 0 radical (unpaired) electrons. The molecule has 1 aromatic rings. The number of carbonyl (C=O) groups is 3. The number of nitrogens with zero attached hydrogens (tertiary/aromatic N) is 1. The van der Waals surface area contributed by atoms with Crippen molar-refractivity contribution in [3.63, 3.8) is 0 Å². The zero-order valence-electron chi connectivity index (χ0n) is 15.0. The summed E-state index contributed by atoms with van der Waals surface area (Å²) in [6.07, 6.45) is 0.403. The second kappa shape index (κ2) is 7.67. The molecule has 2 aliphatic rings. The maximum Gasteiger partial charge on any atom is 0.311 e. The zero-order valence-corrected chi connectivity index (χ0v) is 15.8. The summed E-state index contributed by atoms with van der Waals surface area (Å²) in [5.41, 5.74) is 1.79. The average molecular weight is 394 g/mol. The Bertz CT molecular complexity index is 849. The van der Waals surface area contributed by atoms with Gasteiger partial charge >= 0.3 is 5.97 Å². The van der Waals surface area contributed by atoms with Crippen LogP contribution >= 0.6 is 0 Å². The zero-order chi connectivity index (χ0) is 19.6. The Morgan fingerprint density at radius 1 is 1.26 bits per heavy atom. The molecule has 1 N–H and O–H groups in total. The fraction of sp³-hybridized carbons (Fsp3) is 0.500. The van der Waals surface area contributed by atoms with Gasteiger partial charge in [0.15, 0.2) is 16.4 Å². The molecule has 2 fully saturated rings. The van der Waals surface area contributed by atoms with Crippen LogP contribution in [0.2, 0.25) is 0 Å². The number of sulfone groups is 1. The molecule has 146 valence electrons. The van der Waals surface area contributed by atoms with E-state index in [-0.39, 0.29) is 30.4 Å². The molecule has 0 spiro atoms. The predicted molar refractivity (Wildman–Crippen MR) is 97.8 cm³/mol. The van der Waals surface area contributed by atoms with Crippen molar-refractivity contribution in [2.75, 3.05) is 29.6 Å². The van der Waals surface area contributed by atoms with Gasteiger partial charge in [0.1, 0.15) is 0 Å². The summed E-state index contributed by atoms with van der Waals surface area (Å²) in [5.74, 6) is -1.97. The summed E-state index contributed by atoms with van der Waals surface area (Å²) in [5, 5.41) is 2.56. The van der Waals surface area contributed by atoms with Gasteiger partial charge in [0.2, 0.25) is 5.91 Å². The predicted octanol–water partition coefficient (Wildman–Crippen LogP) is 0.194. The van der Waals surface area contributed by atoms with Crippen LogP contribution in [-0.2, 0) is 29.0 Å². The first-order valence-electron chi connectivity index (χ1n) is 8.77. The van der Waals surface area contributed by atoms with Gasteiger partial charge in [0.05, 0.1) is 17.4 Å². The topological polar surface area (TPSA) is 110 Å². The fourth-order valence-corrected chi connectivity index (χ4v) is 4.95. The number of nitrogens with one attached hydrogen (secondary N) is 1. The third-order valence-corrected chi connectivity index (χ3v) is 6.52. The Hall–Kier alpha value is -2.42. The Labute approximate surface area is 157 Å². The molecular formula is C18H22N2O6S. The minimum Gasteiger partial charge on any atom is -0.455 e. The van der Waals surface area contributed by atoms with Crippen LogP contribution in [0.3, 0.4) is 0 Å². The molecule has 0 aromatic heterocycles. The van der Waals surface area contributed by atoms with Crippen molar-refractivity contribution in [3.05, 3.63) is 29.8 Å². The first-order valence-corrected chi connectivity index (χ1v) is 10.6. The Balaban J connectivity index is 1.48. The standard InChI is InChI=1S/C18H22N2O6S/c1-12-2-4-15(5-3-12)20-9-13(8-17(20)22)18(23)26-10-16(21)19-14-6-7-27(24,25)11-14/h2-5,13-14H,6-11H2,1H3,(H,19,21)/t13-,14+/m0/s1. The molecule has 2 amide bonds. The maximum atomic E-state index is 12.2. The van der Waals surface area contributed by atoms with E-state index in [2.05, 4.69) is 5.32 Å². The van der Waals surface area contributed by atoms with E-state index in [1.165, 1.54) is 4.90 Å². The second-order valence-electron chi connectivity index (χ2n) is 7.02.